The summed E-state index contributed by atoms with van der Waals surface area (Å²) >= 11 is 0. The van der Waals surface area contributed by atoms with E-state index in [2.05, 4.69) is 5.32 Å². The van der Waals surface area contributed by atoms with Gasteiger partial charge >= 0.3 is 0 Å². The molecule has 2 aromatic carbocycles. The first-order chi connectivity index (χ1) is 14.7. The van der Waals surface area contributed by atoms with Crippen LogP contribution in [0.1, 0.15) is 43.9 Å². The molecule has 0 bridgehead atoms. The molecule has 2 amide bonds. The van der Waals surface area contributed by atoms with Gasteiger partial charge in [-0.3, -0.25) is 9.59 Å². The average Bonchev–Trinajstić information content (AvgIpc) is 2.77. The van der Waals surface area contributed by atoms with Gasteiger partial charge in [-0.25, -0.2) is 0 Å². The molecule has 2 atom stereocenters. The van der Waals surface area contributed by atoms with E-state index in [4.69, 9.17) is 9.47 Å². The van der Waals surface area contributed by atoms with E-state index in [9.17, 15) is 9.59 Å². The number of hydrogen-bond donors (Lipinski definition) is 1. The third-order valence-corrected chi connectivity index (χ3v) is 5.38. The standard InChI is InChI=1S/C25H34N2O4/c1-7-19(4)26-25(29)20(5)27(15-21-10-12-22(30-6)13-11-21)24(28)16-31-23-14-17(2)8-9-18(23)3/h8-14,19-20H,7,15-16H2,1-6H3,(H,26,29)/t19-,20+/m1/s1. The van der Waals surface area contributed by atoms with Gasteiger partial charge in [0.05, 0.1) is 7.11 Å². The molecule has 1 N–H and O–H groups in total. The molecule has 0 heterocycles. The molecule has 0 aliphatic heterocycles. The predicted molar refractivity (Wildman–Crippen MR) is 122 cm³/mol. The SMILES string of the molecule is CC[C@@H](C)NC(=O)[C@H](C)N(Cc1ccc(OC)cc1)C(=O)COc1cc(C)ccc1C. The molecule has 168 valence electrons. The van der Waals surface area contributed by atoms with Gasteiger partial charge in [-0.05, 0) is 69.0 Å². The highest BCUT2D eigenvalue weighted by atomic mass is 16.5. The summed E-state index contributed by atoms with van der Waals surface area (Å²) in [4.78, 5) is 27.5. The Kier molecular flexibility index (Phi) is 8.91. The molecule has 0 aliphatic rings. The van der Waals surface area contributed by atoms with E-state index in [0.717, 1.165) is 28.9 Å². The Morgan fingerprint density at radius 1 is 1.06 bits per heavy atom. The fourth-order valence-corrected chi connectivity index (χ4v) is 3.06. The number of rotatable bonds is 10. The number of aryl methyl sites for hydroxylation is 2. The van der Waals surface area contributed by atoms with Gasteiger partial charge in [-0.1, -0.05) is 31.2 Å². The highest BCUT2D eigenvalue weighted by molar-refractivity contribution is 5.88. The monoisotopic (exact) mass is 426 g/mol. The van der Waals surface area contributed by atoms with Crippen molar-refractivity contribution in [3.05, 3.63) is 59.2 Å². The van der Waals surface area contributed by atoms with Gasteiger partial charge in [0.2, 0.25) is 5.91 Å². The van der Waals surface area contributed by atoms with Crippen molar-refractivity contribution in [2.75, 3.05) is 13.7 Å². The molecule has 2 aromatic rings. The first-order valence-electron chi connectivity index (χ1n) is 10.7. The van der Waals surface area contributed by atoms with Gasteiger partial charge in [-0.2, -0.15) is 0 Å². The zero-order valence-electron chi connectivity index (χ0n) is 19.4. The Morgan fingerprint density at radius 2 is 1.74 bits per heavy atom. The first-order valence-corrected chi connectivity index (χ1v) is 10.7. The van der Waals surface area contributed by atoms with Crippen LogP contribution in [0.25, 0.3) is 0 Å². The van der Waals surface area contributed by atoms with E-state index in [0.29, 0.717) is 12.3 Å². The smallest absolute Gasteiger partial charge is 0.261 e. The number of ether oxygens (including phenoxy) is 2. The maximum absolute atomic E-state index is 13.1. The molecule has 6 heteroatoms. The number of hydrogen-bond acceptors (Lipinski definition) is 4. The number of benzene rings is 2. The van der Waals surface area contributed by atoms with Crippen LogP contribution < -0.4 is 14.8 Å². The summed E-state index contributed by atoms with van der Waals surface area (Å²) in [5.74, 6) is 0.989. The maximum Gasteiger partial charge on any atom is 0.261 e. The van der Waals surface area contributed by atoms with Crippen molar-refractivity contribution in [1.29, 1.82) is 0 Å². The quantitative estimate of drug-likeness (QED) is 0.623. The lowest BCUT2D eigenvalue weighted by Crippen LogP contribution is -2.50. The molecule has 0 saturated carbocycles. The Morgan fingerprint density at radius 3 is 2.35 bits per heavy atom. The van der Waals surface area contributed by atoms with Crippen molar-refractivity contribution in [3.63, 3.8) is 0 Å². The molecule has 0 saturated heterocycles. The fourth-order valence-electron chi connectivity index (χ4n) is 3.06. The summed E-state index contributed by atoms with van der Waals surface area (Å²) in [5.41, 5.74) is 2.93. The minimum Gasteiger partial charge on any atom is -0.497 e. The van der Waals surface area contributed by atoms with Gasteiger partial charge in [-0.15, -0.1) is 0 Å². The van der Waals surface area contributed by atoms with E-state index in [-0.39, 0.29) is 24.5 Å². The molecular weight excluding hydrogens is 392 g/mol. The van der Waals surface area contributed by atoms with Gasteiger partial charge in [0.1, 0.15) is 17.5 Å². The number of carbonyl (C=O) groups is 2. The Balaban J connectivity index is 2.18. The summed E-state index contributed by atoms with van der Waals surface area (Å²) in [6.07, 6.45) is 0.820. The summed E-state index contributed by atoms with van der Waals surface area (Å²) in [6, 6.07) is 12.8. The molecule has 0 unspecified atom stereocenters. The first kappa shape index (κ1) is 24.3. The van der Waals surface area contributed by atoms with Crippen molar-refractivity contribution >= 4 is 11.8 Å². The number of nitrogens with one attached hydrogen (secondary N) is 1. The summed E-state index contributed by atoms with van der Waals surface area (Å²) in [5, 5.41) is 2.97. The normalized spacial score (nSPS) is 12.6. The second-order valence-corrected chi connectivity index (χ2v) is 7.92. The van der Waals surface area contributed by atoms with Gasteiger partial charge in [0.15, 0.2) is 6.61 Å². The van der Waals surface area contributed by atoms with Crippen molar-refractivity contribution < 1.29 is 19.1 Å². The van der Waals surface area contributed by atoms with Crippen LogP contribution in [0.2, 0.25) is 0 Å². The largest absolute Gasteiger partial charge is 0.497 e. The average molecular weight is 427 g/mol. The molecule has 0 spiro atoms. The van der Waals surface area contributed by atoms with E-state index < -0.39 is 6.04 Å². The predicted octanol–water partition coefficient (Wildman–Crippen LogP) is 4.02. The third kappa shape index (κ3) is 7.02. The van der Waals surface area contributed by atoms with Crippen LogP contribution in [-0.4, -0.2) is 42.5 Å². The Hall–Kier alpha value is -3.02. The van der Waals surface area contributed by atoms with Crippen LogP contribution in [-0.2, 0) is 16.1 Å². The van der Waals surface area contributed by atoms with Crippen LogP contribution in [0.15, 0.2) is 42.5 Å². The number of nitrogens with zero attached hydrogens (tertiary/aromatic N) is 1. The van der Waals surface area contributed by atoms with Gasteiger partial charge in [0.25, 0.3) is 5.91 Å². The second kappa shape index (κ2) is 11.4. The minimum atomic E-state index is -0.634. The summed E-state index contributed by atoms with van der Waals surface area (Å²) in [6.45, 7) is 9.78. The highest BCUT2D eigenvalue weighted by Crippen LogP contribution is 2.20. The number of methoxy groups -OCH3 is 1. The van der Waals surface area contributed by atoms with E-state index in [1.165, 1.54) is 0 Å². The van der Waals surface area contributed by atoms with E-state index in [1.54, 1.807) is 18.9 Å². The topological polar surface area (TPSA) is 67.9 Å². The lowest BCUT2D eigenvalue weighted by molar-refractivity contribution is -0.142. The Labute approximate surface area is 185 Å². The van der Waals surface area contributed by atoms with Gasteiger partial charge < -0.3 is 19.7 Å². The third-order valence-electron chi connectivity index (χ3n) is 5.38. The van der Waals surface area contributed by atoms with E-state index in [1.807, 2.05) is 70.2 Å². The lowest BCUT2D eigenvalue weighted by atomic mass is 10.1. The highest BCUT2D eigenvalue weighted by Gasteiger charge is 2.27. The molecule has 0 fully saturated rings. The molecule has 0 radical (unpaired) electrons. The summed E-state index contributed by atoms with van der Waals surface area (Å²) < 4.78 is 11.0. The maximum atomic E-state index is 13.1. The molecule has 0 aliphatic carbocycles. The van der Waals surface area contributed by atoms with Crippen LogP contribution in [0.3, 0.4) is 0 Å². The van der Waals surface area contributed by atoms with E-state index >= 15 is 0 Å². The van der Waals surface area contributed by atoms with Crippen molar-refractivity contribution in [1.82, 2.24) is 10.2 Å². The van der Waals surface area contributed by atoms with Crippen molar-refractivity contribution in [2.45, 2.75) is 59.7 Å². The van der Waals surface area contributed by atoms with Gasteiger partial charge in [0, 0.05) is 12.6 Å². The summed E-state index contributed by atoms with van der Waals surface area (Å²) in [7, 11) is 1.61. The Bertz CT molecular complexity index is 880. The minimum absolute atomic E-state index is 0.0408. The van der Waals surface area contributed by atoms with Crippen molar-refractivity contribution in [2.24, 2.45) is 0 Å². The molecule has 2 rings (SSSR count). The fraction of sp³-hybridized carbons (Fsp3) is 0.440. The number of carbonyl (C=O) groups excluding carboxylic acids is 2. The lowest BCUT2D eigenvalue weighted by Gasteiger charge is -2.29. The number of amides is 2. The zero-order chi connectivity index (χ0) is 23.0. The molecule has 31 heavy (non-hydrogen) atoms. The van der Waals surface area contributed by atoms with Crippen LogP contribution >= 0.6 is 0 Å². The van der Waals surface area contributed by atoms with Crippen molar-refractivity contribution in [3.8, 4) is 11.5 Å². The van der Waals surface area contributed by atoms with Crippen LogP contribution in [0.5, 0.6) is 11.5 Å². The zero-order valence-corrected chi connectivity index (χ0v) is 19.4. The van der Waals surface area contributed by atoms with Crippen LogP contribution in [0.4, 0.5) is 0 Å². The van der Waals surface area contributed by atoms with Crippen LogP contribution in [0, 0.1) is 13.8 Å². The molecule has 6 nitrogen and oxygen atoms in total. The molecule has 0 aromatic heterocycles. The second-order valence-electron chi connectivity index (χ2n) is 7.92. The molecular formula is C25H34N2O4.